The summed E-state index contributed by atoms with van der Waals surface area (Å²) in [7, 11) is 0. The number of carbonyl (C=O) groups is 2. The molecule has 0 aliphatic carbocycles. The van der Waals surface area contributed by atoms with Gasteiger partial charge in [0.05, 0.1) is 5.56 Å². The summed E-state index contributed by atoms with van der Waals surface area (Å²) in [6.45, 7) is 5.59. The molecule has 1 unspecified atom stereocenters. The summed E-state index contributed by atoms with van der Waals surface area (Å²) in [6, 6.07) is 8.29. The van der Waals surface area contributed by atoms with Gasteiger partial charge in [-0.15, -0.1) is 0 Å². The van der Waals surface area contributed by atoms with Crippen molar-refractivity contribution in [2.45, 2.75) is 45.3 Å². The number of hydrogen-bond donors (Lipinski definition) is 4. The fourth-order valence-corrected chi connectivity index (χ4v) is 1.75. The summed E-state index contributed by atoms with van der Waals surface area (Å²) in [4.78, 5) is 27.9. The van der Waals surface area contributed by atoms with Crippen molar-refractivity contribution < 1.29 is 24.3 Å². The molecule has 138 valence electrons. The van der Waals surface area contributed by atoms with Gasteiger partial charge >= 0.3 is 12.1 Å². The van der Waals surface area contributed by atoms with Crippen molar-refractivity contribution in [3.63, 3.8) is 0 Å². The standard InChI is InChI=1S/C17H25N3O5/c1-17(2,3)24-16(23)19-11-7-10-13(21)14(18)20-25-15(22)12-8-5-4-6-9-12/h4-6,8-9,13,21H,7,10-11H2,1-3H3,(H2,18,20)(H,19,23). The smallest absolute Gasteiger partial charge is 0.407 e. The highest BCUT2D eigenvalue weighted by Gasteiger charge is 2.17. The van der Waals surface area contributed by atoms with Crippen LogP contribution in [0.5, 0.6) is 0 Å². The number of hydrogen-bond acceptors (Lipinski definition) is 6. The molecule has 0 saturated carbocycles. The van der Waals surface area contributed by atoms with Gasteiger partial charge in [-0.2, -0.15) is 0 Å². The van der Waals surface area contributed by atoms with E-state index in [0.717, 1.165) is 0 Å². The van der Waals surface area contributed by atoms with Crippen molar-refractivity contribution in [1.82, 2.24) is 10.8 Å². The van der Waals surface area contributed by atoms with Crippen molar-refractivity contribution in [2.24, 2.45) is 0 Å². The molecule has 0 heterocycles. The maximum absolute atomic E-state index is 11.7. The van der Waals surface area contributed by atoms with E-state index in [1.54, 1.807) is 51.1 Å². The number of alkyl carbamates (subject to hydrolysis) is 1. The van der Waals surface area contributed by atoms with E-state index in [4.69, 9.17) is 15.0 Å². The highest BCUT2D eigenvalue weighted by Crippen LogP contribution is 2.06. The maximum Gasteiger partial charge on any atom is 0.407 e. The average molecular weight is 351 g/mol. The fraction of sp³-hybridized carbons (Fsp3) is 0.471. The molecular formula is C17H25N3O5. The van der Waals surface area contributed by atoms with Gasteiger partial charge < -0.3 is 20.0 Å². The first-order valence-electron chi connectivity index (χ1n) is 7.94. The molecule has 1 atom stereocenters. The van der Waals surface area contributed by atoms with E-state index in [1.807, 2.05) is 0 Å². The van der Waals surface area contributed by atoms with Gasteiger partial charge in [0.1, 0.15) is 11.7 Å². The van der Waals surface area contributed by atoms with Crippen molar-refractivity contribution in [1.29, 1.82) is 5.41 Å². The molecule has 1 aromatic carbocycles. The third kappa shape index (κ3) is 8.71. The molecule has 0 fully saturated rings. The molecule has 0 aliphatic rings. The lowest BCUT2D eigenvalue weighted by Gasteiger charge is -2.19. The Kier molecular flexibility index (Phi) is 7.87. The third-order valence-electron chi connectivity index (χ3n) is 2.92. The first kappa shape index (κ1) is 20.4. The largest absolute Gasteiger partial charge is 0.444 e. The minimum Gasteiger partial charge on any atom is -0.444 e. The molecule has 0 aromatic heterocycles. The summed E-state index contributed by atoms with van der Waals surface area (Å²) in [5.74, 6) is -0.981. The first-order chi connectivity index (χ1) is 11.7. The number of nitrogens with one attached hydrogen (secondary N) is 3. The van der Waals surface area contributed by atoms with Crippen molar-refractivity contribution in [3.8, 4) is 0 Å². The zero-order valence-corrected chi connectivity index (χ0v) is 14.7. The zero-order valence-electron chi connectivity index (χ0n) is 14.7. The zero-order chi connectivity index (χ0) is 18.9. The summed E-state index contributed by atoms with van der Waals surface area (Å²) in [5, 5.41) is 20.0. The summed E-state index contributed by atoms with van der Waals surface area (Å²) < 4.78 is 5.07. The molecule has 1 amide bonds. The minimum absolute atomic E-state index is 0.213. The van der Waals surface area contributed by atoms with Gasteiger partial charge in [0.15, 0.2) is 5.84 Å². The van der Waals surface area contributed by atoms with Crippen molar-refractivity contribution >= 4 is 17.9 Å². The molecule has 0 radical (unpaired) electrons. The molecule has 8 nitrogen and oxygen atoms in total. The van der Waals surface area contributed by atoms with Gasteiger partial charge in [0.25, 0.3) is 0 Å². The Morgan fingerprint density at radius 3 is 2.48 bits per heavy atom. The number of hydroxylamine groups is 1. The lowest BCUT2D eigenvalue weighted by atomic mass is 10.2. The molecule has 0 bridgehead atoms. The van der Waals surface area contributed by atoms with E-state index < -0.39 is 23.8 Å². The molecular weight excluding hydrogens is 326 g/mol. The molecule has 1 rings (SSSR count). The lowest BCUT2D eigenvalue weighted by molar-refractivity contribution is 0.0360. The topological polar surface area (TPSA) is 121 Å². The number of aliphatic hydroxyl groups is 1. The quantitative estimate of drug-likeness (QED) is 0.269. The molecule has 0 spiro atoms. The van der Waals surface area contributed by atoms with Crippen LogP contribution in [0.25, 0.3) is 0 Å². The Morgan fingerprint density at radius 1 is 1.24 bits per heavy atom. The fourth-order valence-electron chi connectivity index (χ4n) is 1.75. The number of amides is 1. The minimum atomic E-state index is -1.14. The number of rotatable bonds is 6. The molecule has 1 aromatic rings. The van der Waals surface area contributed by atoms with E-state index in [1.165, 1.54) is 0 Å². The number of carbonyl (C=O) groups excluding carboxylic acids is 2. The van der Waals surface area contributed by atoms with E-state index in [9.17, 15) is 14.7 Å². The van der Waals surface area contributed by atoms with Gasteiger partial charge in [0, 0.05) is 6.54 Å². The van der Waals surface area contributed by atoms with Gasteiger partial charge in [-0.1, -0.05) is 18.2 Å². The predicted molar refractivity (Wildman–Crippen MR) is 92.2 cm³/mol. The van der Waals surface area contributed by atoms with Gasteiger partial charge in [0.2, 0.25) is 0 Å². The van der Waals surface area contributed by atoms with Crippen molar-refractivity contribution in [2.75, 3.05) is 6.54 Å². The summed E-state index contributed by atoms with van der Waals surface area (Å²) in [6.07, 6.45) is -1.03. The van der Waals surface area contributed by atoms with E-state index in [0.29, 0.717) is 18.5 Å². The van der Waals surface area contributed by atoms with Crippen LogP contribution in [0.3, 0.4) is 0 Å². The first-order valence-corrected chi connectivity index (χ1v) is 7.94. The Morgan fingerprint density at radius 2 is 1.88 bits per heavy atom. The van der Waals surface area contributed by atoms with Crippen LogP contribution in [0.2, 0.25) is 0 Å². The molecule has 0 aliphatic heterocycles. The average Bonchev–Trinajstić information content (AvgIpc) is 2.55. The molecule has 8 heteroatoms. The molecule has 25 heavy (non-hydrogen) atoms. The normalized spacial score (nSPS) is 12.0. The van der Waals surface area contributed by atoms with Crippen LogP contribution in [0.1, 0.15) is 44.0 Å². The second-order valence-corrected chi connectivity index (χ2v) is 6.36. The second kappa shape index (κ2) is 9.63. The Labute approximate surface area is 147 Å². The van der Waals surface area contributed by atoms with Crippen LogP contribution in [0, 0.1) is 5.41 Å². The van der Waals surface area contributed by atoms with Crippen LogP contribution in [0.15, 0.2) is 30.3 Å². The number of ether oxygens (including phenoxy) is 1. The molecule has 0 saturated heterocycles. The number of aliphatic hydroxyl groups excluding tert-OH is 1. The number of benzene rings is 1. The summed E-state index contributed by atoms with van der Waals surface area (Å²) >= 11 is 0. The SMILES string of the molecule is CC(C)(C)OC(=O)NCCCC(O)C(=N)NOC(=O)c1ccccc1. The predicted octanol–water partition coefficient (Wildman–Crippen LogP) is 1.99. The second-order valence-electron chi connectivity index (χ2n) is 6.36. The maximum atomic E-state index is 11.7. The Hall–Kier alpha value is -2.61. The van der Waals surface area contributed by atoms with E-state index in [-0.39, 0.29) is 12.3 Å². The van der Waals surface area contributed by atoms with Crippen LogP contribution in [-0.2, 0) is 9.57 Å². The highest BCUT2D eigenvalue weighted by molar-refractivity contribution is 5.91. The van der Waals surface area contributed by atoms with E-state index >= 15 is 0 Å². The van der Waals surface area contributed by atoms with Crippen molar-refractivity contribution in [3.05, 3.63) is 35.9 Å². The molecule has 4 N–H and O–H groups in total. The van der Waals surface area contributed by atoms with Crippen LogP contribution in [-0.4, -0.2) is 41.3 Å². The van der Waals surface area contributed by atoms with E-state index in [2.05, 4.69) is 10.8 Å². The monoisotopic (exact) mass is 351 g/mol. The third-order valence-corrected chi connectivity index (χ3v) is 2.92. The van der Waals surface area contributed by atoms with Crippen LogP contribution in [0.4, 0.5) is 4.79 Å². The lowest BCUT2D eigenvalue weighted by Crippen LogP contribution is -2.36. The van der Waals surface area contributed by atoms with Gasteiger partial charge in [-0.05, 0) is 45.7 Å². The highest BCUT2D eigenvalue weighted by atomic mass is 16.7. The number of amidine groups is 1. The van der Waals surface area contributed by atoms with Crippen LogP contribution < -0.4 is 10.8 Å². The summed E-state index contributed by atoms with van der Waals surface area (Å²) in [5.41, 5.74) is 1.89. The van der Waals surface area contributed by atoms with Gasteiger partial charge in [-0.25, -0.2) is 15.1 Å². The Bertz CT molecular complexity index is 584. The Balaban J connectivity index is 2.22. The van der Waals surface area contributed by atoms with Gasteiger partial charge in [-0.3, -0.25) is 5.41 Å². The van der Waals surface area contributed by atoms with Crippen LogP contribution >= 0.6 is 0 Å².